The van der Waals surface area contributed by atoms with E-state index in [9.17, 15) is 0 Å². The standard InChI is InChI=1S/C35H58N3/c1-7-11-19-27-36(28-20-12-8-2)35(37(29-21-13-9-3)30-22-14-10-4)38(33-25-17-15-23-31(33)5)34-26-18-16-24-32(34)6/h15-18,23-26H,7-14,19-22,27-30H2,1-6H3/q+1. The second-order valence-electron chi connectivity index (χ2n) is 11.0. The fourth-order valence-corrected chi connectivity index (χ4v) is 5.29. The van der Waals surface area contributed by atoms with Gasteiger partial charge in [0, 0.05) is 0 Å². The maximum atomic E-state index is 2.77. The number of rotatable bonds is 18. The van der Waals surface area contributed by atoms with E-state index in [1.807, 2.05) is 0 Å². The van der Waals surface area contributed by atoms with Crippen molar-refractivity contribution in [2.75, 3.05) is 31.1 Å². The van der Waals surface area contributed by atoms with Gasteiger partial charge in [0.05, 0.1) is 26.2 Å². The molecule has 3 heteroatoms. The minimum Gasteiger partial charge on any atom is -0.264 e. The number of aryl methyl sites for hydroxylation is 2. The first kappa shape index (κ1) is 31.9. The molecule has 0 amide bonds. The number of hydrogen-bond acceptors (Lipinski definition) is 0. The van der Waals surface area contributed by atoms with Crippen LogP contribution >= 0.6 is 0 Å². The van der Waals surface area contributed by atoms with Crippen LogP contribution in [0.15, 0.2) is 48.5 Å². The lowest BCUT2D eigenvalue weighted by atomic mass is 10.1. The smallest absolute Gasteiger partial charge is 0.264 e. The summed E-state index contributed by atoms with van der Waals surface area (Å²) in [6.45, 7) is 18.3. The second kappa shape index (κ2) is 18.9. The Morgan fingerprint density at radius 3 is 1.34 bits per heavy atom. The van der Waals surface area contributed by atoms with Crippen LogP contribution in [0.25, 0.3) is 0 Å². The molecule has 0 radical (unpaired) electrons. The minimum absolute atomic E-state index is 1.12. The number of unbranched alkanes of at least 4 members (excludes halogenated alkanes) is 8. The van der Waals surface area contributed by atoms with Gasteiger partial charge in [0.15, 0.2) is 0 Å². The van der Waals surface area contributed by atoms with Crippen LogP contribution < -0.4 is 4.90 Å². The molecule has 2 aromatic carbocycles. The number of anilines is 2. The lowest BCUT2D eigenvalue weighted by molar-refractivity contribution is -0.534. The van der Waals surface area contributed by atoms with Crippen LogP contribution in [-0.2, 0) is 0 Å². The van der Waals surface area contributed by atoms with Crippen LogP contribution in [0.1, 0.15) is 116 Å². The largest absolute Gasteiger partial charge is 0.360 e. The van der Waals surface area contributed by atoms with Crippen molar-refractivity contribution >= 4 is 17.3 Å². The summed E-state index contributed by atoms with van der Waals surface area (Å²) in [6.07, 6.45) is 15.2. The highest BCUT2D eigenvalue weighted by molar-refractivity contribution is 6.01. The monoisotopic (exact) mass is 520 g/mol. The molecule has 0 bridgehead atoms. The van der Waals surface area contributed by atoms with Crippen molar-refractivity contribution < 1.29 is 4.58 Å². The zero-order valence-corrected chi connectivity index (χ0v) is 25.8. The third kappa shape index (κ3) is 10.1. The molecule has 0 spiro atoms. The first-order chi connectivity index (χ1) is 18.6. The lowest BCUT2D eigenvalue weighted by Gasteiger charge is -2.32. The highest BCUT2D eigenvalue weighted by Gasteiger charge is 2.33. The normalized spacial score (nSPS) is 11.0. The molecule has 2 rings (SSSR count). The molecule has 0 fully saturated rings. The summed E-state index contributed by atoms with van der Waals surface area (Å²) in [7, 11) is 0. The van der Waals surface area contributed by atoms with Crippen molar-refractivity contribution in [3.63, 3.8) is 0 Å². The first-order valence-corrected chi connectivity index (χ1v) is 15.9. The summed E-state index contributed by atoms with van der Waals surface area (Å²) in [5.74, 6) is 1.41. The van der Waals surface area contributed by atoms with Crippen molar-refractivity contribution in [3.8, 4) is 0 Å². The summed E-state index contributed by atoms with van der Waals surface area (Å²) in [4.78, 5) is 5.39. The molecule has 0 saturated heterocycles. The topological polar surface area (TPSA) is 9.49 Å². The van der Waals surface area contributed by atoms with E-state index >= 15 is 0 Å². The van der Waals surface area contributed by atoms with Gasteiger partial charge in [0.1, 0.15) is 11.4 Å². The van der Waals surface area contributed by atoms with Crippen LogP contribution in [0.4, 0.5) is 11.4 Å². The van der Waals surface area contributed by atoms with Crippen molar-refractivity contribution in [3.05, 3.63) is 59.7 Å². The Hall–Kier alpha value is -2.29. The van der Waals surface area contributed by atoms with Crippen LogP contribution in [-0.4, -0.2) is 41.6 Å². The molecule has 0 aromatic heterocycles. The molecule has 0 heterocycles. The van der Waals surface area contributed by atoms with Crippen molar-refractivity contribution in [1.29, 1.82) is 0 Å². The molecule has 38 heavy (non-hydrogen) atoms. The van der Waals surface area contributed by atoms with E-state index in [1.54, 1.807) is 0 Å². The quantitative estimate of drug-likeness (QED) is 0.0837. The molecule has 0 N–H and O–H groups in total. The van der Waals surface area contributed by atoms with Crippen molar-refractivity contribution in [2.45, 2.75) is 119 Å². The fraction of sp³-hybridized carbons (Fsp3) is 0.629. The molecular formula is C35H58N3+. The molecule has 0 aliphatic heterocycles. The fourth-order valence-electron chi connectivity index (χ4n) is 5.29. The number of nitrogens with zero attached hydrogens (tertiary/aromatic N) is 3. The van der Waals surface area contributed by atoms with Gasteiger partial charge < -0.3 is 0 Å². The van der Waals surface area contributed by atoms with Crippen LogP contribution in [0.3, 0.4) is 0 Å². The average molecular weight is 521 g/mol. The van der Waals surface area contributed by atoms with Crippen LogP contribution in [0, 0.1) is 13.8 Å². The van der Waals surface area contributed by atoms with E-state index in [2.05, 4.69) is 104 Å². The van der Waals surface area contributed by atoms with Gasteiger partial charge in [0.2, 0.25) is 0 Å². The molecule has 0 saturated carbocycles. The molecule has 0 atom stereocenters. The van der Waals surface area contributed by atoms with Gasteiger partial charge >= 0.3 is 5.96 Å². The highest BCUT2D eigenvalue weighted by Crippen LogP contribution is 2.32. The highest BCUT2D eigenvalue weighted by atomic mass is 15.4. The molecule has 212 valence electrons. The summed E-state index contributed by atoms with van der Waals surface area (Å²) in [5, 5.41) is 0. The molecule has 0 aliphatic rings. The van der Waals surface area contributed by atoms with Gasteiger partial charge in [-0.25, -0.2) is 0 Å². The Morgan fingerprint density at radius 1 is 0.553 bits per heavy atom. The van der Waals surface area contributed by atoms with Gasteiger partial charge in [-0.05, 0) is 62.8 Å². The molecular weight excluding hydrogens is 462 g/mol. The van der Waals surface area contributed by atoms with Crippen LogP contribution in [0.5, 0.6) is 0 Å². The van der Waals surface area contributed by atoms with Gasteiger partial charge in [-0.1, -0.05) is 115 Å². The summed E-state index contributed by atoms with van der Waals surface area (Å²) in [5.41, 5.74) is 5.28. The summed E-state index contributed by atoms with van der Waals surface area (Å²) in [6, 6.07) is 18.0. The number of benzene rings is 2. The molecule has 0 unspecified atom stereocenters. The number of guanidine groups is 1. The maximum Gasteiger partial charge on any atom is 0.360 e. The Kier molecular flexibility index (Phi) is 15.9. The van der Waals surface area contributed by atoms with Crippen molar-refractivity contribution in [2.24, 2.45) is 0 Å². The van der Waals surface area contributed by atoms with Gasteiger partial charge in [-0.3, -0.25) is 9.48 Å². The second-order valence-corrected chi connectivity index (χ2v) is 11.0. The van der Waals surface area contributed by atoms with E-state index in [0.717, 1.165) is 26.2 Å². The maximum absolute atomic E-state index is 2.77. The van der Waals surface area contributed by atoms with Gasteiger partial charge in [0.25, 0.3) is 0 Å². The minimum atomic E-state index is 1.12. The van der Waals surface area contributed by atoms with E-state index < -0.39 is 0 Å². The predicted octanol–water partition coefficient (Wildman–Crippen LogP) is 9.87. The third-order valence-electron chi connectivity index (χ3n) is 7.60. The zero-order valence-electron chi connectivity index (χ0n) is 25.8. The Bertz CT molecular complexity index is 865. The zero-order chi connectivity index (χ0) is 27.6. The predicted molar refractivity (Wildman–Crippen MR) is 169 cm³/mol. The Morgan fingerprint density at radius 2 is 0.947 bits per heavy atom. The average Bonchev–Trinajstić information content (AvgIpc) is 2.92. The number of para-hydroxylation sites is 2. The van der Waals surface area contributed by atoms with Crippen molar-refractivity contribution in [1.82, 2.24) is 4.90 Å². The van der Waals surface area contributed by atoms with Gasteiger partial charge in [-0.15, -0.1) is 0 Å². The van der Waals surface area contributed by atoms with Gasteiger partial charge in [-0.2, -0.15) is 4.90 Å². The van der Waals surface area contributed by atoms with E-state index in [-0.39, 0.29) is 0 Å². The first-order valence-electron chi connectivity index (χ1n) is 15.9. The molecule has 2 aromatic rings. The Labute approximate surface area is 236 Å². The Balaban J connectivity index is 2.80. The summed E-state index contributed by atoms with van der Waals surface area (Å²) < 4.78 is 2.77. The van der Waals surface area contributed by atoms with E-state index in [0.29, 0.717) is 0 Å². The lowest BCUT2D eigenvalue weighted by Crippen LogP contribution is -2.50. The van der Waals surface area contributed by atoms with Crippen LogP contribution in [0.2, 0.25) is 0 Å². The number of hydrogen-bond donors (Lipinski definition) is 0. The molecule has 0 aliphatic carbocycles. The summed E-state index contributed by atoms with van der Waals surface area (Å²) >= 11 is 0. The van der Waals surface area contributed by atoms with E-state index in [4.69, 9.17) is 0 Å². The molecule has 3 nitrogen and oxygen atoms in total. The third-order valence-corrected chi connectivity index (χ3v) is 7.60. The SMILES string of the molecule is CCCCCN(CCCCC)C(N(c1ccccc1C)c1ccccc1C)=[N+](CCCCC)CCCCC. The van der Waals surface area contributed by atoms with E-state index in [1.165, 1.54) is 106 Å².